The number of benzene rings is 1. The molecule has 0 bridgehead atoms. The number of primary amides is 1. The molecule has 0 aromatic heterocycles. The summed E-state index contributed by atoms with van der Waals surface area (Å²) >= 11 is 5.79. The lowest BCUT2D eigenvalue weighted by molar-refractivity contribution is -0.153. The monoisotopic (exact) mass is 319 g/mol. The minimum atomic E-state index is -3.69. The second-order valence-electron chi connectivity index (χ2n) is 4.03. The zero-order valence-corrected chi connectivity index (χ0v) is 12.3. The molecule has 0 radical (unpaired) electrons. The number of amides is 1. The van der Waals surface area contributed by atoms with Gasteiger partial charge in [-0.1, -0.05) is 23.7 Å². The fourth-order valence-corrected chi connectivity index (χ4v) is 3.13. The summed E-state index contributed by atoms with van der Waals surface area (Å²) < 4.78 is 28.6. The second-order valence-corrected chi connectivity index (χ2v) is 6.52. The molecular formula is C12H14ClNO5S. The molecule has 0 spiro atoms. The van der Waals surface area contributed by atoms with Gasteiger partial charge in [-0.3, -0.25) is 9.59 Å². The van der Waals surface area contributed by atoms with Gasteiger partial charge in [-0.2, -0.15) is 0 Å². The van der Waals surface area contributed by atoms with Gasteiger partial charge >= 0.3 is 5.97 Å². The molecular weight excluding hydrogens is 306 g/mol. The van der Waals surface area contributed by atoms with E-state index in [9.17, 15) is 18.0 Å². The van der Waals surface area contributed by atoms with E-state index in [-0.39, 0.29) is 16.3 Å². The lowest BCUT2D eigenvalue weighted by Gasteiger charge is -2.10. The molecule has 0 aliphatic heterocycles. The van der Waals surface area contributed by atoms with Crippen molar-refractivity contribution in [2.24, 2.45) is 5.73 Å². The van der Waals surface area contributed by atoms with Crippen LogP contribution in [0.15, 0.2) is 29.2 Å². The van der Waals surface area contributed by atoms with Gasteiger partial charge in [0.15, 0.2) is 15.9 Å². The van der Waals surface area contributed by atoms with Crippen LogP contribution in [0.25, 0.3) is 0 Å². The van der Waals surface area contributed by atoms with Gasteiger partial charge in [0, 0.05) is 0 Å². The Balaban J connectivity index is 2.68. The zero-order chi connectivity index (χ0) is 15.3. The molecule has 0 unspecified atom stereocenters. The van der Waals surface area contributed by atoms with Crippen molar-refractivity contribution in [3.63, 3.8) is 0 Å². The quantitative estimate of drug-likeness (QED) is 0.785. The maximum atomic E-state index is 12.0. The van der Waals surface area contributed by atoms with E-state index in [4.69, 9.17) is 17.3 Å². The number of hydrogen-bond acceptors (Lipinski definition) is 5. The second kappa shape index (κ2) is 6.71. The Morgan fingerprint density at radius 2 is 1.95 bits per heavy atom. The third-order valence-corrected chi connectivity index (χ3v) is 4.66. The summed E-state index contributed by atoms with van der Waals surface area (Å²) in [4.78, 5) is 22.1. The summed E-state index contributed by atoms with van der Waals surface area (Å²) in [6.07, 6.45) is -1.48. The van der Waals surface area contributed by atoms with Gasteiger partial charge < -0.3 is 10.5 Å². The Morgan fingerprint density at radius 1 is 1.35 bits per heavy atom. The van der Waals surface area contributed by atoms with E-state index in [1.165, 1.54) is 25.1 Å². The van der Waals surface area contributed by atoms with Crippen molar-refractivity contribution >= 4 is 33.3 Å². The highest BCUT2D eigenvalue weighted by atomic mass is 35.5. The van der Waals surface area contributed by atoms with Crippen LogP contribution in [0.2, 0.25) is 5.02 Å². The summed E-state index contributed by atoms with van der Waals surface area (Å²) in [5.41, 5.74) is 4.93. The van der Waals surface area contributed by atoms with Gasteiger partial charge in [0.1, 0.15) is 0 Å². The summed E-state index contributed by atoms with van der Waals surface area (Å²) in [6, 6.07) is 5.94. The lowest BCUT2D eigenvalue weighted by Crippen LogP contribution is -2.31. The maximum Gasteiger partial charge on any atom is 0.307 e. The first kappa shape index (κ1) is 16.5. The molecule has 0 saturated carbocycles. The number of ether oxygens (including phenoxy) is 1. The minimum Gasteiger partial charge on any atom is -0.453 e. The predicted octanol–water partition coefficient (Wildman–Crippen LogP) is 0.921. The van der Waals surface area contributed by atoms with Crippen molar-refractivity contribution in [2.45, 2.75) is 24.3 Å². The van der Waals surface area contributed by atoms with E-state index in [1.807, 2.05) is 0 Å². The number of carbonyl (C=O) groups excluding carboxylic acids is 2. The first-order valence-corrected chi connectivity index (χ1v) is 7.73. The smallest absolute Gasteiger partial charge is 0.307 e. The van der Waals surface area contributed by atoms with Crippen molar-refractivity contribution in [1.29, 1.82) is 0 Å². The van der Waals surface area contributed by atoms with Crippen molar-refractivity contribution < 1.29 is 22.7 Å². The largest absolute Gasteiger partial charge is 0.453 e. The Kier molecular flexibility index (Phi) is 5.52. The topological polar surface area (TPSA) is 104 Å². The van der Waals surface area contributed by atoms with Crippen LogP contribution in [0.1, 0.15) is 13.3 Å². The highest BCUT2D eigenvalue weighted by molar-refractivity contribution is 7.91. The van der Waals surface area contributed by atoms with Crippen LogP contribution in [0.4, 0.5) is 0 Å². The number of halogens is 1. The third kappa shape index (κ3) is 4.50. The highest BCUT2D eigenvalue weighted by Crippen LogP contribution is 2.22. The van der Waals surface area contributed by atoms with Crippen molar-refractivity contribution in [3.05, 3.63) is 29.3 Å². The molecule has 0 fully saturated rings. The number of rotatable bonds is 6. The molecule has 110 valence electrons. The molecule has 0 saturated heterocycles. The average Bonchev–Trinajstić information content (AvgIpc) is 2.36. The average molecular weight is 320 g/mol. The maximum absolute atomic E-state index is 12.0. The number of nitrogens with two attached hydrogens (primary N) is 1. The van der Waals surface area contributed by atoms with Gasteiger partial charge in [0.05, 0.1) is 22.1 Å². The molecule has 1 aromatic carbocycles. The molecule has 2 N–H and O–H groups in total. The van der Waals surface area contributed by atoms with Crippen LogP contribution in [-0.4, -0.2) is 32.2 Å². The standard InChI is InChI=1S/C12H14ClNO5S/c1-8(12(14)16)19-11(15)6-7-20(17,18)10-5-3-2-4-9(10)13/h2-5,8H,6-7H2,1H3,(H2,14,16)/t8-/m0/s1. The molecule has 0 heterocycles. The van der Waals surface area contributed by atoms with Crippen LogP contribution in [0.3, 0.4) is 0 Å². The first-order chi connectivity index (χ1) is 9.24. The van der Waals surface area contributed by atoms with E-state index in [2.05, 4.69) is 4.74 Å². The highest BCUT2D eigenvalue weighted by Gasteiger charge is 2.21. The van der Waals surface area contributed by atoms with Gasteiger partial charge in [-0.15, -0.1) is 0 Å². The Morgan fingerprint density at radius 3 is 2.50 bits per heavy atom. The zero-order valence-electron chi connectivity index (χ0n) is 10.7. The SMILES string of the molecule is C[C@H](OC(=O)CCS(=O)(=O)c1ccccc1Cl)C(N)=O. The summed E-state index contributed by atoms with van der Waals surface area (Å²) in [5.74, 6) is -2.07. The Bertz CT molecular complexity index is 614. The molecule has 1 rings (SSSR count). The van der Waals surface area contributed by atoms with Crippen LogP contribution in [0.5, 0.6) is 0 Å². The Labute approximate surface area is 121 Å². The normalized spacial score (nSPS) is 12.7. The van der Waals surface area contributed by atoms with Crippen LogP contribution in [0, 0.1) is 0 Å². The Hall–Kier alpha value is -1.60. The van der Waals surface area contributed by atoms with Gasteiger partial charge in [0.2, 0.25) is 0 Å². The van der Waals surface area contributed by atoms with Crippen molar-refractivity contribution in [2.75, 3.05) is 5.75 Å². The van der Waals surface area contributed by atoms with E-state index in [0.717, 1.165) is 0 Å². The van der Waals surface area contributed by atoms with E-state index in [1.54, 1.807) is 6.07 Å². The molecule has 6 nitrogen and oxygen atoms in total. The fourth-order valence-electron chi connectivity index (χ4n) is 1.34. The fraction of sp³-hybridized carbons (Fsp3) is 0.333. The number of hydrogen-bond donors (Lipinski definition) is 1. The van der Waals surface area contributed by atoms with Gasteiger partial charge in [-0.05, 0) is 19.1 Å². The molecule has 1 aromatic rings. The summed E-state index contributed by atoms with van der Waals surface area (Å²) in [6.45, 7) is 1.31. The van der Waals surface area contributed by atoms with Gasteiger partial charge in [-0.25, -0.2) is 8.42 Å². The van der Waals surface area contributed by atoms with Crippen molar-refractivity contribution in [3.8, 4) is 0 Å². The van der Waals surface area contributed by atoms with E-state index < -0.39 is 33.6 Å². The first-order valence-electron chi connectivity index (χ1n) is 5.70. The molecule has 20 heavy (non-hydrogen) atoms. The van der Waals surface area contributed by atoms with Crippen molar-refractivity contribution in [1.82, 2.24) is 0 Å². The summed E-state index contributed by atoms with van der Waals surface area (Å²) in [7, 11) is -3.69. The number of carbonyl (C=O) groups is 2. The van der Waals surface area contributed by atoms with E-state index >= 15 is 0 Å². The van der Waals surface area contributed by atoms with Gasteiger partial charge in [0.25, 0.3) is 5.91 Å². The van der Waals surface area contributed by atoms with E-state index in [0.29, 0.717) is 0 Å². The molecule has 1 amide bonds. The minimum absolute atomic E-state index is 0.0441. The van der Waals surface area contributed by atoms with Crippen LogP contribution >= 0.6 is 11.6 Å². The molecule has 0 aliphatic rings. The lowest BCUT2D eigenvalue weighted by atomic mass is 10.4. The molecule has 0 aliphatic carbocycles. The number of sulfone groups is 1. The third-order valence-electron chi connectivity index (χ3n) is 2.46. The number of esters is 1. The van der Waals surface area contributed by atoms with Crippen LogP contribution < -0.4 is 5.73 Å². The predicted molar refractivity (Wildman–Crippen MR) is 72.9 cm³/mol. The van der Waals surface area contributed by atoms with Crippen LogP contribution in [-0.2, 0) is 24.2 Å². The molecule has 1 atom stereocenters. The molecule has 8 heteroatoms. The summed E-state index contributed by atoms with van der Waals surface area (Å²) in [5, 5.41) is 0.0892.